The summed E-state index contributed by atoms with van der Waals surface area (Å²) in [6.07, 6.45) is 6.77. The summed E-state index contributed by atoms with van der Waals surface area (Å²) in [6, 6.07) is 7.19. The van der Waals surface area contributed by atoms with Crippen molar-refractivity contribution >= 4 is 23.7 Å². The van der Waals surface area contributed by atoms with Crippen LogP contribution in [0.25, 0.3) is 11.1 Å². The Balaban J connectivity index is 0.00000245. The fourth-order valence-electron chi connectivity index (χ4n) is 5.28. The van der Waals surface area contributed by atoms with E-state index >= 15 is 0 Å². The molecule has 1 aliphatic heterocycles. The lowest BCUT2D eigenvalue weighted by molar-refractivity contribution is 0.299. The third-order valence-electron chi connectivity index (χ3n) is 6.91. The monoisotopic (exact) mass is 475 g/mol. The first-order valence-electron chi connectivity index (χ1n) is 10.9. The zero-order valence-electron chi connectivity index (χ0n) is 17.8. The van der Waals surface area contributed by atoms with Gasteiger partial charge < -0.3 is 4.90 Å². The zero-order chi connectivity index (χ0) is 21.4. The van der Waals surface area contributed by atoms with Crippen LogP contribution in [0.5, 0.6) is 0 Å². The van der Waals surface area contributed by atoms with Gasteiger partial charge in [0.2, 0.25) is 0 Å². The number of fused-ring (bicyclic) bond motifs is 2. The molecule has 1 N–H and O–H groups in total. The highest BCUT2D eigenvalue weighted by molar-refractivity contribution is 7.08. The molecule has 32 heavy (non-hydrogen) atoms. The van der Waals surface area contributed by atoms with Gasteiger partial charge in [0, 0.05) is 24.7 Å². The summed E-state index contributed by atoms with van der Waals surface area (Å²) in [7, 11) is 0. The van der Waals surface area contributed by atoms with Crippen LogP contribution in [0.15, 0.2) is 50.8 Å². The van der Waals surface area contributed by atoms with Gasteiger partial charge >= 0.3 is 5.69 Å². The maximum Gasteiger partial charge on any atom is 0.328 e. The summed E-state index contributed by atoms with van der Waals surface area (Å²) in [4.78, 5) is 29.3. The maximum atomic E-state index is 13.6. The number of unbranched alkanes of at least 4 members (excludes halogenated alkanes) is 1. The lowest BCUT2D eigenvalue weighted by Gasteiger charge is -2.25. The highest BCUT2D eigenvalue weighted by atomic mass is 35.5. The number of hydrogen-bond donors (Lipinski definition) is 1. The van der Waals surface area contributed by atoms with E-state index in [1.54, 1.807) is 22.9 Å². The van der Waals surface area contributed by atoms with Gasteiger partial charge in [-0.05, 0) is 90.8 Å². The SMILES string of the molecule is Cl.O=c1[nH]c(=O)n(CCCCN2CCC3(CCc4cc(F)ccc43)C2)cc1-c1ccsc1. The Kier molecular flexibility index (Phi) is 6.70. The molecule has 1 saturated heterocycles. The first-order valence-corrected chi connectivity index (χ1v) is 11.9. The van der Waals surface area contributed by atoms with Gasteiger partial charge in [0.25, 0.3) is 5.56 Å². The molecule has 1 fully saturated rings. The molecule has 0 amide bonds. The van der Waals surface area contributed by atoms with Crippen LogP contribution in [-0.4, -0.2) is 34.1 Å². The Morgan fingerprint density at radius 2 is 1.97 bits per heavy atom. The lowest BCUT2D eigenvalue weighted by Crippen LogP contribution is -2.31. The van der Waals surface area contributed by atoms with E-state index in [0.29, 0.717) is 12.1 Å². The second-order valence-electron chi connectivity index (χ2n) is 8.82. The van der Waals surface area contributed by atoms with Crippen LogP contribution < -0.4 is 11.2 Å². The third-order valence-corrected chi connectivity index (χ3v) is 7.59. The molecule has 3 aromatic rings. The number of aromatic nitrogens is 2. The van der Waals surface area contributed by atoms with E-state index in [0.717, 1.165) is 57.3 Å². The Morgan fingerprint density at radius 1 is 1.12 bits per heavy atom. The predicted molar refractivity (Wildman–Crippen MR) is 129 cm³/mol. The fourth-order valence-corrected chi connectivity index (χ4v) is 5.94. The van der Waals surface area contributed by atoms with Crippen molar-refractivity contribution in [2.75, 3.05) is 19.6 Å². The number of halogens is 2. The number of benzene rings is 1. The molecule has 2 aromatic heterocycles. The van der Waals surface area contributed by atoms with Crippen LogP contribution >= 0.6 is 23.7 Å². The van der Waals surface area contributed by atoms with Crippen LogP contribution in [0.2, 0.25) is 0 Å². The largest absolute Gasteiger partial charge is 0.328 e. The molecule has 8 heteroatoms. The third kappa shape index (κ3) is 4.34. The van der Waals surface area contributed by atoms with Gasteiger partial charge in [0.05, 0.1) is 5.56 Å². The van der Waals surface area contributed by atoms with Crippen molar-refractivity contribution in [1.82, 2.24) is 14.5 Å². The zero-order valence-corrected chi connectivity index (χ0v) is 19.4. The molecule has 1 spiro atoms. The molecule has 1 unspecified atom stereocenters. The standard InChI is InChI=1S/C24H26FN3O2S.ClH/c25-19-3-4-21-17(13-19)5-7-24(21)8-11-27(16-24)9-1-2-10-28-14-20(18-6-12-31-15-18)22(29)26-23(28)30;/h3-4,6,12-15H,1-2,5,7-11,16H2,(H,26,29,30);1H. The van der Waals surface area contributed by atoms with E-state index in [2.05, 4.69) is 9.88 Å². The van der Waals surface area contributed by atoms with Gasteiger partial charge in [-0.15, -0.1) is 12.4 Å². The van der Waals surface area contributed by atoms with Crippen molar-refractivity contribution in [2.24, 2.45) is 0 Å². The first kappa shape index (κ1) is 23.0. The van der Waals surface area contributed by atoms with Crippen molar-refractivity contribution in [1.29, 1.82) is 0 Å². The molecule has 0 radical (unpaired) electrons. The normalized spacial score (nSPS) is 19.9. The van der Waals surface area contributed by atoms with Gasteiger partial charge in [-0.1, -0.05) is 6.07 Å². The summed E-state index contributed by atoms with van der Waals surface area (Å²) >= 11 is 1.53. The molecule has 1 atom stereocenters. The Bertz CT molecular complexity index is 1210. The van der Waals surface area contributed by atoms with Gasteiger partial charge in [0.1, 0.15) is 5.82 Å². The van der Waals surface area contributed by atoms with E-state index < -0.39 is 0 Å². The summed E-state index contributed by atoms with van der Waals surface area (Å²) in [5, 5.41) is 3.84. The topological polar surface area (TPSA) is 58.1 Å². The smallest absolute Gasteiger partial charge is 0.302 e. The number of aryl methyl sites for hydroxylation is 2. The van der Waals surface area contributed by atoms with E-state index in [1.807, 2.05) is 22.9 Å². The molecule has 5 rings (SSSR count). The number of rotatable bonds is 6. The Hall–Kier alpha value is -2.22. The van der Waals surface area contributed by atoms with Crippen molar-refractivity contribution < 1.29 is 4.39 Å². The number of nitrogens with one attached hydrogen (secondary N) is 1. The highest BCUT2D eigenvalue weighted by Crippen LogP contribution is 2.45. The fraction of sp³-hybridized carbons (Fsp3) is 0.417. The molecular formula is C24H27ClFN3O2S. The number of nitrogens with zero attached hydrogens (tertiary/aromatic N) is 2. The van der Waals surface area contributed by atoms with Crippen LogP contribution in [0.4, 0.5) is 4.39 Å². The predicted octanol–water partition coefficient (Wildman–Crippen LogP) is 4.20. The number of aromatic amines is 1. The Morgan fingerprint density at radius 3 is 2.78 bits per heavy atom. The number of hydrogen-bond acceptors (Lipinski definition) is 4. The van der Waals surface area contributed by atoms with E-state index in [-0.39, 0.29) is 34.9 Å². The summed E-state index contributed by atoms with van der Waals surface area (Å²) in [5.74, 6) is -0.134. The van der Waals surface area contributed by atoms with Crippen LogP contribution in [0.1, 0.15) is 36.8 Å². The van der Waals surface area contributed by atoms with Crippen molar-refractivity contribution in [3.63, 3.8) is 0 Å². The lowest BCUT2D eigenvalue weighted by atomic mass is 9.81. The first-order chi connectivity index (χ1) is 15.0. The quantitative estimate of drug-likeness (QED) is 0.544. The van der Waals surface area contributed by atoms with Crippen molar-refractivity contribution in [2.45, 2.75) is 44.1 Å². The summed E-state index contributed by atoms with van der Waals surface area (Å²) in [6.45, 7) is 3.69. The average Bonchev–Trinajstić information content (AvgIpc) is 3.49. The minimum Gasteiger partial charge on any atom is -0.302 e. The number of H-pyrrole nitrogens is 1. The van der Waals surface area contributed by atoms with Gasteiger partial charge in [-0.25, -0.2) is 9.18 Å². The number of thiophene rings is 1. The van der Waals surface area contributed by atoms with E-state index in [9.17, 15) is 14.0 Å². The molecule has 0 saturated carbocycles. The summed E-state index contributed by atoms with van der Waals surface area (Å²) < 4.78 is 15.2. The molecule has 1 aromatic carbocycles. The van der Waals surface area contributed by atoms with Crippen molar-refractivity contribution in [3.8, 4) is 11.1 Å². The molecule has 5 nitrogen and oxygen atoms in total. The molecule has 170 valence electrons. The van der Waals surface area contributed by atoms with Crippen molar-refractivity contribution in [3.05, 3.63) is 79.0 Å². The molecule has 3 heterocycles. The molecular weight excluding hydrogens is 449 g/mol. The molecule has 1 aliphatic carbocycles. The maximum absolute atomic E-state index is 13.6. The van der Waals surface area contributed by atoms with Gasteiger partial charge in [0.15, 0.2) is 0 Å². The van der Waals surface area contributed by atoms with E-state index in [4.69, 9.17) is 0 Å². The second-order valence-corrected chi connectivity index (χ2v) is 9.60. The van der Waals surface area contributed by atoms with E-state index in [1.165, 1.54) is 22.5 Å². The van der Waals surface area contributed by atoms with Crippen LogP contribution in [0.3, 0.4) is 0 Å². The molecule has 0 bridgehead atoms. The minimum absolute atomic E-state index is 0. The highest BCUT2D eigenvalue weighted by Gasteiger charge is 2.43. The average molecular weight is 476 g/mol. The second kappa shape index (κ2) is 9.33. The van der Waals surface area contributed by atoms with Crippen LogP contribution in [-0.2, 0) is 18.4 Å². The minimum atomic E-state index is -0.348. The summed E-state index contributed by atoms with van der Waals surface area (Å²) in [5.41, 5.74) is 3.42. The Labute approximate surface area is 196 Å². The number of likely N-dealkylation sites (tertiary alicyclic amines) is 1. The van der Waals surface area contributed by atoms with Gasteiger partial charge in [-0.2, -0.15) is 11.3 Å². The molecule has 2 aliphatic rings. The van der Waals surface area contributed by atoms with Gasteiger partial charge in [-0.3, -0.25) is 14.3 Å². The van der Waals surface area contributed by atoms with Crippen LogP contribution in [0, 0.1) is 5.82 Å².